The highest BCUT2D eigenvalue weighted by Crippen LogP contribution is 2.43. The predicted octanol–water partition coefficient (Wildman–Crippen LogP) is 2.01. The van der Waals surface area contributed by atoms with Crippen LogP contribution in [0.2, 0.25) is 0 Å². The fourth-order valence-corrected chi connectivity index (χ4v) is 2.34. The first-order chi connectivity index (χ1) is 8.45. The summed E-state index contributed by atoms with van der Waals surface area (Å²) >= 11 is 0. The summed E-state index contributed by atoms with van der Waals surface area (Å²) < 4.78 is 5.38. The summed E-state index contributed by atoms with van der Waals surface area (Å²) in [7, 11) is 1.71. The van der Waals surface area contributed by atoms with Crippen molar-refractivity contribution in [2.75, 3.05) is 12.4 Å². The molecule has 1 heterocycles. The largest absolute Gasteiger partial charge is 0.477 e. The number of carbonyl (C=O) groups is 1. The van der Waals surface area contributed by atoms with Gasteiger partial charge in [-0.25, -0.2) is 9.78 Å². The van der Waals surface area contributed by atoms with Gasteiger partial charge in [-0.1, -0.05) is 19.9 Å². The number of methoxy groups -OCH3 is 1. The lowest BCUT2D eigenvalue weighted by atomic mass is 9.64. The van der Waals surface area contributed by atoms with Gasteiger partial charge >= 0.3 is 5.97 Å². The number of hydrogen-bond donors (Lipinski definition) is 2. The van der Waals surface area contributed by atoms with Gasteiger partial charge in [-0.2, -0.15) is 0 Å². The molecule has 1 fully saturated rings. The van der Waals surface area contributed by atoms with E-state index in [1.54, 1.807) is 19.2 Å². The molecule has 0 bridgehead atoms. The van der Waals surface area contributed by atoms with Gasteiger partial charge in [0.25, 0.3) is 0 Å². The topological polar surface area (TPSA) is 71.5 Å². The summed E-state index contributed by atoms with van der Waals surface area (Å²) in [6, 6.07) is 5.21. The second-order valence-electron chi connectivity index (χ2n) is 5.19. The van der Waals surface area contributed by atoms with Crippen molar-refractivity contribution >= 4 is 11.8 Å². The standard InChI is InChI=1S/C13H18N2O3/c1-13(2)9(7-10(13)18-3)15-11-6-4-5-8(14-11)12(16)17/h4-6,9-10H,7H2,1-3H3,(H,14,15)(H,16,17). The molecular weight excluding hydrogens is 232 g/mol. The third-order valence-electron chi connectivity index (χ3n) is 3.75. The van der Waals surface area contributed by atoms with E-state index in [0.29, 0.717) is 5.82 Å². The lowest BCUT2D eigenvalue weighted by molar-refractivity contribution is -0.0795. The lowest BCUT2D eigenvalue weighted by Gasteiger charge is -2.51. The Morgan fingerprint density at radius 1 is 1.56 bits per heavy atom. The third kappa shape index (κ3) is 2.18. The number of carboxylic acids is 1. The Morgan fingerprint density at radius 2 is 2.28 bits per heavy atom. The molecular formula is C13H18N2O3. The van der Waals surface area contributed by atoms with Crippen molar-refractivity contribution < 1.29 is 14.6 Å². The van der Waals surface area contributed by atoms with Crippen molar-refractivity contribution in [3.8, 4) is 0 Å². The maximum Gasteiger partial charge on any atom is 0.354 e. The van der Waals surface area contributed by atoms with Crippen LogP contribution in [-0.4, -0.2) is 35.3 Å². The maximum atomic E-state index is 10.8. The molecule has 2 rings (SSSR count). The van der Waals surface area contributed by atoms with Crippen LogP contribution in [0.5, 0.6) is 0 Å². The van der Waals surface area contributed by atoms with E-state index in [2.05, 4.69) is 24.1 Å². The lowest BCUT2D eigenvalue weighted by Crippen LogP contribution is -2.57. The van der Waals surface area contributed by atoms with Gasteiger partial charge in [0.1, 0.15) is 5.82 Å². The number of anilines is 1. The first-order valence-corrected chi connectivity index (χ1v) is 5.95. The minimum atomic E-state index is -1.01. The molecule has 1 aliphatic rings. The molecule has 0 spiro atoms. The maximum absolute atomic E-state index is 10.8. The number of pyridine rings is 1. The molecule has 1 aliphatic carbocycles. The smallest absolute Gasteiger partial charge is 0.354 e. The van der Waals surface area contributed by atoms with E-state index in [-0.39, 0.29) is 23.3 Å². The third-order valence-corrected chi connectivity index (χ3v) is 3.75. The van der Waals surface area contributed by atoms with Crippen LogP contribution in [0.3, 0.4) is 0 Å². The number of aromatic carboxylic acids is 1. The molecule has 98 valence electrons. The van der Waals surface area contributed by atoms with E-state index in [1.807, 2.05) is 0 Å². The Hall–Kier alpha value is -1.62. The second kappa shape index (κ2) is 4.57. The molecule has 2 unspecified atom stereocenters. The number of ether oxygens (including phenoxy) is 1. The molecule has 0 radical (unpaired) electrons. The molecule has 0 saturated heterocycles. The molecule has 0 aliphatic heterocycles. The minimum Gasteiger partial charge on any atom is -0.477 e. The van der Waals surface area contributed by atoms with Crippen LogP contribution < -0.4 is 5.32 Å². The molecule has 0 aromatic carbocycles. The first-order valence-electron chi connectivity index (χ1n) is 5.95. The number of hydrogen-bond acceptors (Lipinski definition) is 4. The number of rotatable bonds is 4. The Bertz CT molecular complexity index is 459. The Kier molecular flexibility index (Phi) is 3.26. The van der Waals surface area contributed by atoms with Gasteiger partial charge in [0.15, 0.2) is 5.69 Å². The quantitative estimate of drug-likeness (QED) is 0.855. The Labute approximate surface area is 106 Å². The van der Waals surface area contributed by atoms with Crippen molar-refractivity contribution in [3.63, 3.8) is 0 Å². The van der Waals surface area contributed by atoms with Gasteiger partial charge < -0.3 is 15.2 Å². The van der Waals surface area contributed by atoms with Crippen molar-refractivity contribution in [2.45, 2.75) is 32.4 Å². The average Bonchev–Trinajstić information content (AvgIpc) is 2.34. The van der Waals surface area contributed by atoms with E-state index in [1.165, 1.54) is 6.07 Å². The SMILES string of the molecule is COC1CC(Nc2cccc(C(=O)O)n2)C1(C)C. The van der Waals surface area contributed by atoms with Crippen LogP contribution in [0.25, 0.3) is 0 Å². The van der Waals surface area contributed by atoms with Crippen LogP contribution >= 0.6 is 0 Å². The summed E-state index contributed by atoms with van der Waals surface area (Å²) in [5.74, 6) is -0.413. The fourth-order valence-electron chi connectivity index (χ4n) is 2.34. The highest BCUT2D eigenvalue weighted by atomic mass is 16.5. The van der Waals surface area contributed by atoms with Gasteiger partial charge in [-0.15, -0.1) is 0 Å². The molecule has 1 saturated carbocycles. The van der Waals surface area contributed by atoms with Gasteiger partial charge in [-0.3, -0.25) is 0 Å². The molecule has 0 amide bonds. The van der Waals surface area contributed by atoms with E-state index >= 15 is 0 Å². The molecule has 5 heteroatoms. The van der Waals surface area contributed by atoms with Crippen molar-refractivity contribution in [1.29, 1.82) is 0 Å². The molecule has 2 atom stereocenters. The second-order valence-corrected chi connectivity index (χ2v) is 5.19. The summed E-state index contributed by atoms with van der Waals surface area (Å²) in [6.07, 6.45) is 1.14. The molecule has 5 nitrogen and oxygen atoms in total. The van der Waals surface area contributed by atoms with Gasteiger partial charge in [0.05, 0.1) is 6.10 Å². The highest BCUT2D eigenvalue weighted by molar-refractivity contribution is 5.85. The predicted molar refractivity (Wildman–Crippen MR) is 67.8 cm³/mol. The fraction of sp³-hybridized carbons (Fsp3) is 0.538. The van der Waals surface area contributed by atoms with E-state index in [9.17, 15) is 4.79 Å². The van der Waals surface area contributed by atoms with Crippen LogP contribution in [0.4, 0.5) is 5.82 Å². The number of nitrogens with zero attached hydrogens (tertiary/aromatic N) is 1. The van der Waals surface area contributed by atoms with Crippen molar-refractivity contribution in [3.05, 3.63) is 23.9 Å². The molecule has 1 aromatic heterocycles. The van der Waals surface area contributed by atoms with Crippen molar-refractivity contribution in [1.82, 2.24) is 4.98 Å². The molecule has 18 heavy (non-hydrogen) atoms. The van der Waals surface area contributed by atoms with Crippen LogP contribution in [0, 0.1) is 5.41 Å². The number of aromatic nitrogens is 1. The van der Waals surface area contributed by atoms with E-state index in [0.717, 1.165) is 6.42 Å². The average molecular weight is 250 g/mol. The number of nitrogens with one attached hydrogen (secondary N) is 1. The number of carboxylic acid groups (broad SMARTS) is 1. The van der Waals surface area contributed by atoms with Crippen LogP contribution in [0.15, 0.2) is 18.2 Å². The molecule has 1 aromatic rings. The zero-order chi connectivity index (χ0) is 13.3. The van der Waals surface area contributed by atoms with Crippen LogP contribution in [0.1, 0.15) is 30.8 Å². The first kappa shape index (κ1) is 12.8. The Balaban J connectivity index is 2.07. The van der Waals surface area contributed by atoms with Gasteiger partial charge in [0.2, 0.25) is 0 Å². The summed E-state index contributed by atoms with van der Waals surface area (Å²) in [4.78, 5) is 14.9. The van der Waals surface area contributed by atoms with E-state index < -0.39 is 5.97 Å². The van der Waals surface area contributed by atoms with E-state index in [4.69, 9.17) is 9.84 Å². The summed E-state index contributed by atoms with van der Waals surface area (Å²) in [5, 5.41) is 12.2. The van der Waals surface area contributed by atoms with Crippen LogP contribution in [-0.2, 0) is 4.74 Å². The van der Waals surface area contributed by atoms with Gasteiger partial charge in [-0.05, 0) is 18.6 Å². The zero-order valence-corrected chi connectivity index (χ0v) is 10.8. The summed E-state index contributed by atoms with van der Waals surface area (Å²) in [6.45, 7) is 4.26. The highest BCUT2D eigenvalue weighted by Gasteiger charge is 2.48. The zero-order valence-electron chi connectivity index (χ0n) is 10.8. The van der Waals surface area contributed by atoms with Crippen molar-refractivity contribution in [2.24, 2.45) is 5.41 Å². The van der Waals surface area contributed by atoms with Gasteiger partial charge in [0, 0.05) is 18.6 Å². The summed E-state index contributed by atoms with van der Waals surface area (Å²) in [5.41, 5.74) is 0.0794. The Morgan fingerprint density at radius 3 is 2.83 bits per heavy atom. The minimum absolute atomic E-state index is 0.0235. The normalized spacial score (nSPS) is 25.3. The molecule has 2 N–H and O–H groups in total. The monoisotopic (exact) mass is 250 g/mol.